The van der Waals surface area contributed by atoms with E-state index < -0.39 is 5.97 Å². The topological polar surface area (TPSA) is 68.7 Å². The molecule has 100 valence electrons. The van der Waals surface area contributed by atoms with Gasteiger partial charge in [-0.2, -0.15) is 0 Å². The molecule has 1 heterocycles. The van der Waals surface area contributed by atoms with Crippen LogP contribution in [0.25, 0.3) is 0 Å². The third-order valence-corrected chi connectivity index (χ3v) is 3.01. The van der Waals surface area contributed by atoms with Crippen molar-refractivity contribution in [1.29, 1.82) is 0 Å². The number of hydrogen-bond donors (Lipinski definition) is 1. The number of pyridine rings is 1. The van der Waals surface area contributed by atoms with Gasteiger partial charge in [-0.25, -0.2) is 9.78 Å². The fourth-order valence-electron chi connectivity index (χ4n) is 1.29. The van der Waals surface area contributed by atoms with Crippen LogP contribution in [0.3, 0.4) is 0 Å². The van der Waals surface area contributed by atoms with Gasteiger partial charge in [-0.15, -0.1) is 11.8 Å². The smallest absolute Gasteiger partial charge is 0.335 e. The summed E-state index contributed by atoms with van der Waals surface area (Å²) in [7, 11) is 0. The minimum Gasteiger partial charge on any atom is -0.478 e. The Bertz CT molecular complexity index is 380. The summed E-state index contributed by atoms with van der Waals surface area (Å²) in [5, 5.41) is 9.52. The number of aromatic nitrogens is 1. The van der Waals surface area contributed by atoms with Crippen LogP contribution in [0.2, 0.25) is 0 Å². The van der Waals surface area contributed by atoms with Gasteiger partial charge in [0.25, 0.3) is 0 Å². The van der Waals surface area contributed by atoms with Gasteiger partial charge >= 0.3 is 5.97 Å². The molecule has 6 heteroatoms. The Kier molecular flexibility index (Phi) is 6.70. The van der Waals surface area contributed by atoms with Gasteiger partial charge in [0.2, 0.25) is 0 Å². The van der Waals surface area contributed by atoms with Gasteiger partial charge in [0.1, 0.15) is 0 Å². The lowest BCUT2D eigenvalue weighted by molar-refractivity contribution is -0.120. The third kappa shape index (κ3) is 5.03. The van der Waals surface area contributed by atoms with Crippen LogP contribution in [0.4, 0.5) is 0 Å². The van der Waals surface area contributed by atoms with Crippen molar-refractivity contribution in [2.75, 3.05) is 19.0 Å². The first-order valence-corrected chi connectivity index (χ1v) is 6.71. The molecule has 0 radical (unpaired) electrons. The van der Waals surface area contributed by atoms with Gasteiger partial charge in [-0.3, -0.25) is 0 Å². The predicted molar refractivity (Wildman–Crippen MR) is 69.0 cm³/mol. The van der Waals surface area contributed by atoms with E-state index in [9.17, 15) is 4.79 Å². The summed E-state index contributed by atoms with van der Waals surface area (Å²) in [5.41, 5.74) is 0.233. The molecule has 0 bridgehead atoms. The number of nitrogens with zero attached hydrogens (tertiary/aromatic N) is 1. The summed E-state index contributed by atoms with van der Waals surface area (Å²) in [6, 6.07) is 3.01. The van der Waals surface area contributed by atoms with Gasteiger partial charge in [-0.1, -0.05) is 0 Å². The van der Waals surface area contributed by atoms with Crippen molar-refractivity contribution in [2.45, 2.75) is 25.2 Å². The maximum absolute atomic E-state index is 10.8. The maximum Gasteiger partial charge on any atom is 0.335 e. The minimum atomic E-state index is -0.953. The molecule has 0 saturated heterocycles. The first-order chi connectivity index (χ1) is 8.67. The van der Waals surface area contributed by atoms with E-state index in [2.05, 4.69) is 4.98 Å². The van der Waals surface area contributed by atoms with E-state index in [-0.39, 0.29) is 11.9 Å². The lowest BCUT2D eigenvalue weighted by atomic mass is 10.3. The molecule has 18 heavy (non-hydrogen) atoms. The molecule has 0 atom stereocenters. The number of hydrogen-bond acceptors (Lipinski definition) is 5. The Hall–Kier alpha value is -1.11. The lowest BCUT2D eigenvalue weighted by Gasteiger charge is -2.15. The molecule has 0 amide bonds. The van der Waals surface area contributed by atoms with E-state index in [0.29, 0.717) is 24.0 Å². The fourth-order valence-corrected chi connectivity index (χ4v) is 2.14. The maximum atomic E-state index is 10.8. The highest BCUT2D eigenvalue weighted by Crippen LogP contribution is 2.18. The molecule has 0 aliphatic carbocycles. The Labute approximate surface area is 111 Å². The van der Waals surface area contributed by atoms with Crippen molar-refractivity contribution < 1.29 is 19.4 Å². The molecule has 1 N–H and O–H groups in total. The van der Waals surface area contributed by atoms with Crippen molar-refractivity contribution in [2.24, 2.45) is 0 Å². The van der Waals surface area contributed by atoms with E-state index >= 15 is 0 Å². The molecule has 1 aromatic heterocycles. The summed E-state index contributed by atoms with van der Waals surface area (Å²) in [4.78, 5) is 14.9. The zero-order chi connectivity index (χ0) is 13.4. The summed E-state index contributed by atoms with van der Waals surface area (Å²) >= 11 is 1.42. The number of rotatable bonds is 8. The molecule has 0 fully saturated rings. The van der Waals surface area contributed by atoms with Crippen LogP contribution in [0.15, 0.2) is 23.4 Å². The zero-order valence-electron chi connectivity index (χ0n) is 10.5. The van der Waals surface area contributed by atoms with E-state index in [0.717, 1.165) is 0 Å². The number of thioether (sulfide) groups is 1. The molecule has 5 nitrogen and oxygen atoms in total. The Morgan fingerprint density at radius 1 is 1.44 bits per heavy atom. The Balaban J connectivity index is 2.55. The molecular formula is C12H17NO4S. The van der Waals surface area contributed by atoms with Crippen molar-refractivity contribution in [3.63, 3.8) is 0 Å². The minimum absolute atomic E-state index is 0.233. The predicted octanol–water partition coefficient (Wildman–Crippen LogP) is 2.27. The molecular weight excluding hydrogens is 254 g/mol. The Morgan fingerprint density at radius 2 is 2.11 bits per heavy atom. The monoisotopic (exact) mass is 271 g/mol. The first-order valence-electron chi connectivity index (χ1n) is 5.72. The normalized spacial score (nSPS) is 10.8. The van der Waals surface area contributed by atoms with Crippen LogP contribution in [-0.4, -0.2) is 41.3 Å². The molecule has 0 aliphatic heterocycles. The van der Waals surface area contributed by atoms with E-state index in [1.165, 1.54) is 24.0 Å². The molecule has 0 aromatic carbocycles. The van der Waals surface area contributed by atoms with E-state index in [4.69, 9.17) is 14.6 Å². The van der Waals surface area contributed by atoms with Gasteiger partial charge in [0.05, 0.1) is 16.3 Å². The average Bonchev–Trinajstić information content (AvgIpc) is 2.37. The van der Waals surface area contributed by atoms with Crippen molar-refractivity contribution in [1.82, 2.24) is 4.98 Å². The van der Waals surface area contributed by atoms with Crippen LogP contribution in [0, 0.1) is 0 Å². The molecule has 1 rings (SSSR count). The SMILES string of the molecule is CCOC(CSc1cc(C(=O)O)ccn1)OCC. The first kappa shape index (κ1) is 14.9. The number of carboxylic acid groups (broad SMARTS) is 1. The number of carboxylic acids is 1. The highest BCUT2D eigenvalue weighted by Gasteiger charge is 2.10. The molecule has 1 aromatic rings. The zero-order valence-corrected chi connectivity index (χ0v) is 11.3. The van der Waals surface area contributed by atoms with Crippen LogP contribution in [0.1, 0.15) is 24.2 Å². The molecule has 0 saturated carbocycles. The molecule has 0 unspecified atom stereocenters. The number of ether oxygens (including phenoxy) is 2. The van der Waals surface area contributed by atoms with Gasteiger partial charge in [-0.05, 0) is 26.0 Å². The second-order valence-electron chi connectivity index (χ2n) is 3.34. The largest absolute Gasteiger partial charge is 0.478 e. The van der Waals surface area contributed by atoms with Crippen molar-refractivity contribution in [3.05, 3.63) is 23.9 Å². The summed E-state index contributed by atoms with van der Waals surface area (Å²) in [6.07, 6.45) is 1.20. The van der Waals surface area contributed by atoms with Gasteiger partial charge < -0.3 is 14.6 Å². The Morgan fingerprint density at radius 3 is 2.67 bits per heavy atom. The van der Waals surface area contributed by atoms with Crippen LogP contribution in [0.5, 0.6) is 0 Å². The standard InChI is InChI=1S/C12H17NO4S/c1-3-16-11(17-4-2)8-18-10-7-9(12(14)15)5-6-13-10/h5-7,11H,3-4,8H2,1-2H3,(H,14,15). The molecule has 0 aliphatic rings. The van der Waals surface area contributed by atoms with Crippen LogP contribution < -0.4 is 0 Å². The van der Waals surface area contributed by atoms with Crippen LogP contribution in [-0.2, 0) is 9.47 Å². The number of carbonyl (C=O) groups is 1. The second-order valence-corrected chi connectivity index (χ2v) is 4.38. The summed E-state index contributed by atoms with van der Waals surface area (Å²) in [5.74, 6) is -0.372. The van der Waals surface area contributed by atoms with E-state index in [1.54, 1.807) is 6.07 Å². The van der Waals surface area contributed by atoms with Gasteiger partial charge in [0, 0.05) is 19.4 Å². The summed E-state index contributed by atoms with van der Waals surface area (Å²) < 4.78 is 10.8. The quantitative estimate of drug-likeness (QED) is 0.578. The van der Waals surface area contributed by atoms with Gasteiger partial charge in [0.15, 0.2) is 6.29 Å². The lowest BCUT2D eigenvalue weighted by Crippen LogP contribution is -2.20. The fraction of sp³-hybridized carbons (Fsp3) is 0.500. The average molecular weight is 271 g/mol. The summed E-state index contributed by atoms with van der Waals surface area (Å²) in [6.45, 7) is 4.96. The van der Waals surface area contributed by atoms with Crippen LogP contribution >= 0.6 is 11.8 Å². The second kappa shape index (κ2) is 8.07. The number of aromatic carboxylic acids is 1. The highest BCUT2D eigenvalue weighted by molar-refractivity contribution is 7.99. The molecule has 0 spiro atoms. The third-order valence-electron chi connectivity index (χ3n) is 2.05. The van der Waals surface area contributed by atoms with Crippen molar-refractivity contribution in [3.8, 4) is 0 Å². The van der Waals surface area contributed by atoms with Crippen molar-refractivity contribution >= 4 is 17.7 Å². The highest BCUT2D eigenvalue weighted by atomic mass is 32.2. The van der Waals surface area contributed by atoms with E-state index in [1.807, 2.05) is 13.8 Å².